The molecule has 0 unspecified atom stereocenters. The molecule has 0 aliphatic heterocycles. The van der Waals surface area contributed by atoms with Crippen LogP contribution in [0.4, 0.5) is 0 Å². The van der Waals surface area contributed by atoms with Crippen molar-refractivity contribution in [3.05, 3.63) is 46.0 Å². The number of pyridine rings is 2. The first-order valence-electron chi connectivity index (χ1n) is 11.2. The molecular formula is C25H33N5O2. The molecule has 3 aromatic heterocycles. The molecule has 0 saturated heterocycles. The van der Waals surface area contributed by atoms with E-state index in [-0.39, 0.29) is 11.4 Å². The van der Waals surface area contributed by atoms with Crippen LogP contribution < -0.4 is 4.74 Å². The molecule has 0 radical (unpaired) electrons. The Morgan fingerprint density at radius 1 is 1.25 bits per heavy atom. The summed E-state index contributed by atoms with van der Waals surface area (Å²) in [7, 11) is 3.49. The molecule has 1 amide bonds. The summed E-state index contributed by atoms with van der Waals surface area (Å²) in [6.45, 7) is 12.6. The third-order valence-corrected chi connectivity index (χ3v) is 6.18. The molecule has 0 N–H and O–H groups in total. The van der Waals surface area contributed by atoms with Crippen molar-refractivity contribution in [2.75, 3.05) is 14.2 Å². The lowest BCUT2D eigenvalue weighted by molar-refractivity contribution is 0.0784. The van der Waals surface area contributed by atoms with E-state index in [2.05, 4.69) is 25.8 Å². The van der Waals surface area contributed by atoms with Crippen molar-refractivity contribution >= 4 is 16.9 Å². The van der Waals surface area contributed by atoms with Gasteiger partial charge in [0.2, 0.25) is 0 Å². The number of carbonyl (C=O) groups is 1. The van der Waals surface area contributed by atoms with Crippen LogP contribution in [0.15, 0.2) is 12.3 Å². The van der Waals surface area contributed by atoms with Gasteiger partial charge in [0, 0.05) is 36.0 Å². The van der Waals surface area contributed by atoms with Crippen molar-refractivity contribution in [1.82, 2.24) is 24.6 Å². The molecule has 3 aromatic rings. The van der Waals surface area contributed by atoms with Gasteiger partial charge in [-0.25, -0.2) is 9.67 Å². The summed E-state index contributed by atoms with van der Waals surface area (Å²) < 4.78 is 7.49. The van der Waals surface area contributed by atoms with E-state index in [1.165, 1.54) is 0 Å². The monoisotopic (exact) mass is 435 g/mol. The van der Waals surface area contributed by atoms with E-state index in [0.717, 1.165) is 57.8 Å². The molecule has 1 fully saturated rings. The van der Waals surface area contributed by atoms with E-state index in [0.29, 0.717) is 18.0 Å². The van der Waals surface area contributed by atoms with E-state index in [4.69, 9.17) is 14.8 Å². The number of aromatic nitrogens is 4. The fourth-order valence-corrected chi connectivity index (χ4v) is 4.27. The highest BCUT2D eigenvalue weighted by atomic mass is 16.5. The molecule has 7 nitrogen and oxygen atoms in total. The van der Waals surface area contributed by atoms with Crippen LogP contribution >= 0.6 is 0 Å². The molecule has 4 rings (SSSR count). The Morgan fingerprint density at radius 2 is 1.94 bits per heavy atom. The van der Waals surface area contributed by atoms with Gasteiger partial charge in [0.05, 0.1) is 41.5 Å². The fraction of sp³-hybridized carbons (Fsp3) is 0.520. The summed E-state index contributed by atoms with van der Waals surface area (Å²) in [6, 6.07) is 1.98. The van der Waals surface area contributed by atoms with Crippen molar-refractivity contribution in [3.8, 4) is 5.75 Å². The lowest BCUT2D eigenvalue weighted by Crippen LogP contribution is -2.28. The maximum absolute atomic E-state index is 13.7. The Balaban J connectivity index is 1.77. The molecule has 1 aliphatic carbocycles. The van der Waals surface area contributed by atoms with Crippen molar-refractivity contribution in [3.63, 3.8) is 0 Å². The largest absolute Gasteiger partial charge is 0.496 e. The highest BCUT2D eigenvalue weighted by Crippen LogP contribution is 2.41. The van der Waals surface area contributed by atoms with Gasteiger partial charge in [-0.1, -0.05) is 0 Å². The summed E-state index contributed by atoms with van der Waals surface area (Å²) in [5.41, 5.74) is 5.83. The number of carbonyl (C=O) groups excluding carboxylic acids is 1. The van der Waals surface area contributed by atoms with Crippen LogP contribution in [0.1, 0.15) is 78.1 Å². The fourth-order valence-electron chi connectivity index (χ4n) is 4.27. The summed E-state index contributed by atoms with van der Waals surface area (Å²) in [6.07, 6.45) is 4.04. The number of methoxy groups -OCH3 is 1. The van der Waals surface area contributed by atoms with Crippen LogP contribution in [0.3, 0.4) is 0 Å². The highest BCUT2D eigenvalue weighted by molar-refractivity contribution is 6.06. The van der Waals surface area contributed by atoms with Gasteiger partial charge in [-0.2, -0.15) is 5.10 Å². The van der Waals surface area contributed by atoms with E-state index in [9.17, 15) is 4.79 Å². The predicted octanol–water partition coefficient (Wildman–Crippen LogP) is 4.66. The topological polar surface area (TPSA) is 73.1 Å². The Labute approximate surface area is 189 Å². The van der Waals surface area contributed by atoms with Crippen molar-refractivity contribution in [2.24, 2.45) is 0 Å². The molecule has 0 aromatic carbocycles. The SMILES string of the molecule is COc1c(C)cnc(CN(C)C(=O)c2cc(C3CC3)nc3c2c(C)nn3C(C)(C)C)c1C. The maximum atomic E-state index is 13.7. The Kier molecular flexibility index (Phi) is 5.47. The number of hydrogen-bond acceptors (Lipinski definition) is 5. The van der Waals surface area contributed by atoms with Gasteiger partial charge < -0.3 is 9.64 Å². The van der Waals surface area contributed by atoms with Crippen LogP contribution in [-0.4, -0.2) is 44.7 Å². The lowest BCUT2D eigenvalue weighted by Gasteiger charge is -2.22. The number of rotatable bonds is 5. The summed E-state index contributed by atoms with van der Waals surface area (Å²) in [5, 5.41) is 5.61. The van der Waals surface area contributed by atoms with Crippen LogP contribution in [0.2, 0.25) is 0 Å². The summed E-state index contributed by atoms with van der Waals surface area (Å²) in [5.74, 6) is 1.21. The molecule has 7 heteroatoms. The second kappa shape index (κ2) is 7.87. The summed E-state index contributed by atoms with van der Waals surface area (Å²) >= 11 is 0. The number of fused-ring (bicyclic) bond motifs is 1. The molecular weight excluding hydrogens is 402 g/mol. The van der Waals surface area contributed by atoms with Gasteiger partial charge in [-0.15, -0.1) is 0 Å². The molecule has 3 heterocycles. The van der Waals surface area contributed by atoms with Crippen LogP contribution in [0.5, 0.6) is 5.75 Å². The zero-order chi connectivity index (χ0) is 23.4. The van der Waals surface area contributed by atoms with Gasteiger partial charge in [-0.05, 0) is 60.5 Å². The Morgan fingerprint density at radius 3 is 2.53 bits per heavy atom. The van der Waals surface area contributed by atoms with E-state index < -0.39 is 0 Å². The maximum Gasteiger partial charge on any atom is 0.254 e. The predicted molar refractivity (Wildman–Crippen MR) is 125 cm³/mol. The molecule has 170 valence electrons. The average molecular weight is 436 g/mol. The van der Waals surface area contributed by atoms with Gasteiger partial charge in [0.25, 0.3) is 5.91 Å². The minimum Gasteiger partial charge on any atom is -0.496 e. The first-order chi connectivity index (χ1) is 15.0. The van der Waals surface area contributed by atoms with E-state index in [1.54, 1.807) is 18.2 Å². The molecule has 0 atom stereocenters. The number of aryl methyl sites for hydroxylation is 2. The van der Waals surface area contributed by atoms with Crippen molar-refractivity contribution in [1.29, 1.82) is 0 Å². The van der Waals surface area contributed by atoms with Crippen LogP contribution in [0.25, 0.3) is 11.0 Å². The zero-order valence-electron chi connectivity index (χ0n) is 20.4. The van der Waals surface area contributed by atoms with Crippen molar-refractivity contribution in [2.45, 2.75) is 72.4 Å². The zero-order valence-corrected chi connectivity index (χ0v) is 20.4. The summed E-state index contributed by atoms with van der Waals surface area (Å²) in [4.78, 5) is 25.0. The first kappa shape index (κ1) is 22.2. The van der Waals surface area contributed by atoms with Gasteiger partial charge >= 0.3 is 0 Å². The quantitative estimate of drug-likeness (QED) is 0.583. The Bertz CT molecular complexity index is 1200. The Hall–Kier alpha value is -2.96. The average Bonchev–Trinajstić information content (AvgIpc) is 3.52. The van der Waals surface area contributed by atoms with Crippen LogP contribution in [0, 0.1) is 20.8 Å². The number of ether oxygens (including phenoxy) is 1. The van der Waals surface area contributed by atoms with Gasteiger partial charge in [0.1, 0.15) is 5.75 Å². The van der Waals surface area contributed by atoms with Crippen LogP contribution in [-0.2, 0) is 12.1 Å². The molecule has 32 heavy (non-hydrogen) atoms. The molecule has 0 spiro atoms. The number of amides is 1. The first-order valence-corrected chi connectivity index (χ1v) is 11.2. The van der Waals surface area contributed by atoms with E-state index in [1.807, 2.05) is 38.6 Å². The third-order valence-electron chi connectivity index (χ3n) is 6.18. The minimum atomic E-state index is -0.229. The highest BCUT2D eigenvalue weighted by Gasteiger charge is 2.31. The molecule has 1 saturated carbocycles. The lowest BCUT2D eigenvalue weighted by atomic mass is 10.1. The third kappa shape index (κ3) is 3.85. The second-order valence-corrected chi connectivity index (χ2v) is 9.94. The molecule has 0 bridgehead atoms. The standard InChI is InChI=1S/C25H33N5O2/c1-14-12-26-20(15(2)22(14)32-8)13-29(7)24(31)18-11-19(17-9-10-17)27-23-21(18)16(3)28-30(23)25(4,5)6/h11-12,17H,9-10,13H2,1-8H3. The minimum absolute atomic E-state index is 0.0448. The van der Waals surface area contributed by atoms with Crippen molar-refractivity contribution < 1.29 is 9.53 Å². The normalized spacial score (nSPS) is 14.1. The van der Waals surface area contributed by atoms with Gasteiger partial charge in [-0.3, -0.25) is 9.78 Å². The van der Waals surface area contributed by atoms with Gasteiger partial charge in [0.15, 0.2) is 5.65 Å². The second-order valence-electron chi connectivity index (χ2n) is 9.94. The van der Waals surface area contributed by atoms with E-state index >= 15 is 0 Å². The molecule has 1 aliphatic rings. The smallest absolute Gasteiger partial charge is 0.254 e. The number of hydrogen-bond donors (Lipinski definition) is 0. The number of nitrogens with zero attached hydrogens (tertiary/aromatic N) is 5.